The molecule has 0 radical (unpaired) electrons. The van der Waals surface area contributed by atoms with Gasteiger partial charge in [-0.15, -0.1) is 0 Å². The summed E-state index contributed by atoms with van der Waals surface area (Å²) in [5, 5.41) is 1.12. The van der Waals surface area contributed by atoms with Gasteiger partial charge in [0.2, 0.25) is 5.91 Å². The number of benzene rings is 1. The van der Waals surface area contributed by atoms with E-state index in [2.05, 4.69) is 39.6 Å². The summed E-state index contributed by atoms with van der Waals surface area (Å²) in [5.74, 6) is 1.25. The zero-order valence-corrected chi connectivity index (χ0v) is 31.9. The number of hydrogen-bond donors (Lipinski definition) is 0. The molecule has 0 bridgehead atoms. The minimum atomic E-state index is -0.222. The number of aromatic nitrogens is 2. The summed E-state index contributed by atoms with van der Waals surface area (Å²) in [5.41, 5.74) is -0.0749. The van der Waals surface area contributed by atoms with Gasteiger partial charge in [-0.1, -0.05) is 102 Å². The number of cyclic esters (lactones) is 1. The fraction of sp³-hybridized carbons (Fsp3) is 0.611. The first-order valence-electron chi connectivity index (χ1n) is 16.7. The Morgan fingerprint density at radius 2 is 1.67 bits per heavy atom. The van der Waals surface area contributed by atoms with Crippen LogP contribution in [-0.2, 0) is 14.3 Å². The first-order valence-corrected chi connectivity index (χ1v) is 17.8. The highest BCUT2D eigenvalue weighted by Gasteiger charge is 2.30. The van der Waals surface area contributed by atoms with Crippen molar-refractivity contribution in [1.29, 1.82) is 0 Å². The van der Waals surface area contributed by atoms with E-state index in [0.29, 0.717) is 45.7 Å². The topological polar surface area (TPSA) is 94.0 Å². The minimum absolute atomic E-state index is 0.000593. The largest absolute Gasteiger partial charge is 0.489 e. The third-order valence-electron chi connectivity index (χ3n) is 8.21. The predicted octanol–water partition coefficient (Wildman–Crippen LogP) is 9.39. The van der Waals surface area contributed by atoms with Gasteiger partial charge in [-0.05, 0) is 48.6 Å². The molecule has 0 saturated carbocycles. The van der Waals surface area contributed by atoms with Crippen LogP contribution in [0.5, 0.6) is 5.75 Å². The average Bonchev–Trinajstić information content (AvgIpc) is 3.54. The number of imidazole rings is 1. The lowest BCUT2D eigenvalue weighted by Crippen LogP contribution is -2.37. The maximum absolute atomic E-state index is 12.4. The van der Waals surface area contributed by atoms with Crippen LogP contribution in [0.4, 0.5) is 4.79 Å². The molecule has 4 unspecified atom stereocenters. The summed E-state index contributed by atoms with van der Waals surface area (Å²) >= 11 is 18.0. The molecular weight excluding hydrogens is 675 g/mol. The fourth-order valence-electron chi connectivity index (χ4n) is 5.42. The normalized spacial score (nSPS) is 22.0. The predicted molar refractivity (Wildman–Crippen MR) is 194 cm³/mol. The molecule has 268 valence electrons. The molecule has 0 aliphatic carbocycles. The molecule has 0 saturated heterocycles. The van der Waals surface area contributed by atoms with Gasteiger partial charge in [-0.3, -0.25) is 14.2 Å². The Morgan fingerprint density at radius 3 is 2.23 bits per heavy atom. The lowest BCUT2D eigenvalue weighted by atomic mass is 9.81. The van der Waals surface area contributed by atoms with Gasteiger partial charge in [0.15, 0.2) is 5.75 Å². The van der Waals surface area contributed by atoms with Crippen LogP contribution < -0.4 is 4.74 Å². The van der Waals surface area contributed by atoms with Crippen LogP contribution in [0.3, 0.4) is 0 Å². The van der Waals surface area contributed by atoms with E-state index in [-0.39, 0.29) is 48.4 Å². The number of nitrogens with zero attached hydrogens (tertiary/aromatic N) is 4. The summed E-state index contributed by atoms with van der Waals surface area (Å²) in [6, 6.07) is 2.97. The van der Waals surface area contributed by atoms with Crippen molar-refractivity contribution in [2.45, 2.75) is 93.1 Å². The van der Waals surface area contributed by atoms with Crippen molar-refractivity contribution < 1.29 is 23.9 Å². The maximum Gasteiger partial charge on any atom is 0.329 e. The SMILES string of the molecule is CC1CCC(C)CC(C(C)(C)C)OC(=O)C/C=C/N(C)C(=O)C(C)C1.CCCN(CCOc1c(Cl)cc(Cl)cc1Cl)C(=O)n1ccnc1. The van der Waals surface area contributed by atoms with E-state index >= 15 is 0 Å². The van der Waals surface area contributed by atoms with E-state index < -0.39 is 0 Å². The Bertz CT molecular complexity index is 1320. The van der Waals surface area contributed by atoms with Crippen LogP contribution in [0.15, 0.2) is 43.1 Å². The molecule has 9 nitrogen and oxygen atoms in total. The van der Waals surface area contributed by atoms with Gasteiger partial charge in [0.05, 0.1) is 23.0 Å². The number of rotatable bonds is 6. The summed E-state index contributed by atoms with van der Waals surface area (Å²) in [6.07, 6.45) is 13.0. The molecule has 12 heteroatoms. The quantitative estimate of drug-likeness (QED) is 0.275. The maximum atomic E-state index is 12.4. The van der Waals surface area contributed by atoms with E-state index in [1.165, 1.54) is 10.9 Å². The molecule has 4 atom stereocenters. The number of carbonyl (C=O) groups excluding carboxylic acids is 3. The van der Waals surface area contributed by atoms with E-state index in [4.69, 9.17) is 44.3 Å². The highest BCUT2D eigenvalue weighted by molar-refractivity contribution is 6.40. The van der Waals surface area contributed by atoms with Crippen molar-refractivity contribution in [3.63, 3.8) is 0 Å². The van der Waals surface area contributed by atoms with Gasteiger partial charge in [0.25, 0.3) is 0 Å². The Morgan fingerprint density at radius 1 is 1.04 bits per heavy atom. The van der Waals surface area contributed by atoms with Gasteiger partial charge in [-0.2, -0.15) is 0 Å². The first kappa shape index (κ1) is 41.4. The van der Waals surface area contributed by atoms with Crippen molar-refractivity contribution in [3.8, 4) is 5.75 Å². The molecule has 1 aliphatic rings. The minimum Gasteiger partial charge on any atom is -0.489 e. The van der Waals surface area contributed by atoms with Crippen LogP contribution in [0.25, 0.3) is 0 Å². The molecule has 2 amide bonds. The van der Waals surface area contributed by atoms with Gasteiger partial charge in [-0.25, -0.2) is 9.78 Å². The third-order valence-corrected chi connectivity index (χ3v) is 8.99. The van der Waals surface area contributed by atoms with Gasteiger partial charge >= 0.3 is 12.0 Å². The first-order chi connectivity index (χ1) is 22.5. The lowest BCUT2D eigenvalue weighted by Gasteiger charge is -2.32. The molecule has 1 aromatic heterocycles. The number of esters is 1. The Hall–Kier alpha value is -2.75. The molecule has 0 N–H and O–H groups in total. The van der Waals surface area contributed by atoms with Crippen LogP contribution in [-0.4, -0.2) is 70.1 Å². The van der Waals surface area contributed by atoms with Crippen molar-refractivity contribution in [2.75, 3.05) is 26.7 Å². The zero-order valence-electron chi connectivity index (χ0n) is 29.7. The van der Waals surface area contributed by atoms with Crippen molar-refractivity contribution in [2.24, 2.45) is 23.2 Å². The zero-order chi connectivity index (χ0) is 36.0. The number of hydrogen-bond acceptors (Lipinski definition) is 6. The second-order valence-electron chi connectivity index (χ2n) is 13.8. The molecular formula is C36H53Cl3N4O5. The molecule has 3 rings (SSSR count). The number of amides is 2. The highest BCUT2D eigenvalue weighted by Crippen LogP contribution is 2.36. The number of carbonyl (C=O) groups is 3. The second kappa shape index (κ2) is 20.1. The summed E-state index contributed by atoms with van der Waals surface area (Å²) in [6.45, 7) is 16.1. The summed E-state index contributed by atoms with van der Waals surface area (Å²) in [4.78, 5) is 44.1. The molecule has 0 spiro atoms. The van der Waals surface area contributed by atoms with Crippen LogP contribution in [0.1, 0.15) is 87.0 Å². The van der Waals surface area contributed by atoms with Crippen LogP contribution in [0.2, 0.25) is 15.1 Å². The van der Waals surface area contributed by atoms with E-state index in [9.17, 15) is 14.4 Å². The van der Waals surface area contributed by atoms with Crippen molar-refractivity contribution >= 4 is 52.7 Å². The van der Waals surface area contributed by atoms with E-state index in [1.54, 1.807) is 53.6 Å². The van der Waals surface area contributed by atoms with Crippen LogP contribution in [0, 0.1) is 23.2 Å². The third kappa shape index (κ3) is 14.0. The molecule has 1 aromatic carbocycles. The number of halogens is 3. The van der Waals surface area contributed by atoms with Gasteiger partial charge in [0.1, 0.15) is 19.0 Å². The smallest absolute Gasteiger partial charge is 0.329 e. The molecule has 48 heavy (non-hydrogen) atoms. The summed E-state index contributed by atoms with van der Waals surface area (Å²) < 4.78 is 12.8. The molecule has 2 heterocycles. The average molecular weight is 728 g/mol. The Kier molecular flexibility index (Phi) is 17.3. The Labute approximate surface area is 301 Å². The molecule has 1 aliphatic heterocycles. The molecule has 2 aromatic rings. The van der Waals surface area contributed by atoms with Crippen LogP contribution >= 0.6 is 34.8 Å². The fourth-order valence-corrected chi connectivity index (χ4v) is 6.35. The van der Waals surface area contributed by atoms with E-state index in [1.807, 2.05) is 13.8 Å². The van der Waals surface area contributed by atoms with Gasteiger partial charge < -0.3 is 19.3 Å². The van der Waals surface area contributed by atoms with Crippen molar-refractivity contribution in [3.05, 3.63) is 58.2 Å². The lowest BCUT2D eigenvalue weighted by molar-refractivity contribution is -0.155. The van der Waals surface area contributed by atoms with E-state index in [0.717, 1.165) is 32.1 Å². The number of ether oxygens (including phenoxy) is 2. The monoisotopic (exact) mass is 726 g/mol. The second-order valence-corrected chi connectivity index (χ2v) is 15.1. The summed E-state index contributed by atoms with van der Waals surface area (Å²) in [7, 11) is 1.75. The van der Waals surface area contributed by atoms with Crippen molar-refractivity contribution in [1.82, 2.24) is 19.4 Å². The molecule has 0 fully saturated rings. The standard InChI is InChI=1S/C21H37NO3.C15H16Cl3N3O2/c1-15-10-11-16(2)14-18(21(4,5)6)25-19(23)9-8-12-22(7)20(24)17(3)13-15;1-2-4-20(15(22)21-5-3-19-10-21)6-7-23-14-12(17)8-11(16)9-13(14)18/h8,12,15-18H,9-11,13-14H2,1-7H3;3,5,8-10H,2,4,6-7H2,1H3/b12-8+;. The van der Waals surface area contributed by atoms with Gasteiger partial charge in [0, 0.05) is 43.1 Å². The Balaban J connectivity index is 0.000000334. The highest BCUT2D eigenvalue weighted by atomic mass is 35.5.